The Balaban J connectivity index is 1.24. The monoisotopic (exact) mass is 406 g/mol. The van der Waals surface area contributed by atoms with Crippen LogP contribution in [0.3, 0.4) is 0 Å². The Kier molecular flexibility index (Phi) is 5.77. The summed E-state index contributed by atoms with van der Waals surface area (Å²) in [5, 5.41) is 14.8. The first kappa shape index (κ1) is 20.0. The van der Waals surface area contributed by atoms with Gasteiger partial charge in [0.15, 0.2) is 0 Å². The lowest BCUT2D eigenvalue weighted by atomic mass is 10.1. The Morgan fingerprint density at radius 1 is 1.17 bits per heavy atom. The Morgan fingerprint density at radius 2 is 2.03 bits per heavy atom. The molecule has 0 unspecified atom stereocenters. The second kappa shape index (κ2) is 8.66. The van der Waals surface area contributed by atoms with E-state index in [-0.39, 0.29) is 6.10 Å². The Bertz CT molecular complexity index is 919. The molecule has 2 fully saturated rings. The van der Waals surface area contributed by atoms with E-state index in [1.165, 1.54) is 42.4 Å². The minimum absolute atomic E-state index is 0.166. The van der Waals surface area contributed by atoms with Gasteiger partial charge in [-0.1, -0.05) is 24.3 Å². The number of pyridine rings is 1. The van der Waals surface area contributed by atoms with E-state index < -0.39 is 0 Å². The maximum absolute atomic E-state index is 9.91. The molecule has 30 heavy (non-hydrogen) atoms. The molecule has 160 valence electrons. The van der Waals surface area contributed by atoms with E-state index in [2.05, 4.69) is 58.5 Å². The van der Waals surface area contributed by atoms with Crippen molar-refractivity contribution < 1.29 is 5.11 Å². The van der Waals surface area contributed by atoms with Crippen molar-refractivity contribution >= 4 is 16.7 Å². The first-order chi connectivity index (χ1) is 14.7. The van der Waals surface area contributed by atoms with Crippen LogP contribution in [0.1, 0.15) is 36.8 Å². The minimum atomic E-state index is -0.166. The van der Waals surface area contributed by atoms with Crippen molar-refractivity contribution in [3.63, 3.8) is 0 Å². The summed E-state index contributed by atoms with van der Waals surface area (Å²) in [5.74, 6) is 1.90. The van der Waals surface area contributed by atoms with Crippen LogP contribution in [-0.2, 0) is 6.54 Å². The number of hydrogen-bond donors (Lipinski definition) is 2. The lowest BCUT2D eigenvalue weighted by Gasteiger charge is -2.32. The molecule has 1 aliphatic carbocycles. The number of piperidine rings is 1. The van der Waals surface area contributed by atoms with Crippen LogP contribution in [0.15, 0.2) is 36.4 Å². The van der Waals surface area contributed by atoms with E-state index >= 15 is 0 Å². The van der Waals surface area contributed by atoms with Crippen LogP contribution < -0.4 is 10.2 Å². The summed E-state index contributed by atoms with van der Waals surface area (Å²) in [6, 6.07) is 9.52. The molecule has 2 aliphatic heterocycles. The Labute approximate surface area is 179 Å². The number of rotatable bonds is 7. The van der Waals surface area contributed by atoms with Crippen molar-refractivity contribution in [2.24, 2.45) is 5.92 Å². The molecule has 0 radical (unpaired) electrons. The molecule has 3 heterocycles. The molecule has 2 N–H and O–H groups in total. The van der Waals surface area contributed by atoms with Gasteiger partial charge in [0.2, 0.25) is 0 Å². The summed E-state index contributed by atoms with van der Waals surface area (Å²) in [6.45, 7) is 8.19. The normalized spacial score (nSPS) is 24.4. The van der Waals surface area contributed by atoms with Crippen molar-refractivity contribution in [1.29, 1.82) is 0 Å². The zero-order valence-electron chi connectivity index (χ0n) is 18.1. The van der Waals surface area contributed by atoms with Gasteiger partial charge >= 0.3 is 0 Å². The molecule has 2 bridgehead atoms. The summed E-state index contributed by atoms with van der Waals surface area (Å²) in [6.07, 6.45) is 8.80. The zero-order valence-corrected chi connectivity index (χ0v) is 18.1. The van der Waals surface area contributed by atoms with Crippen molar-refractivity contribution in [3.05, 3.63) is 47.5 Å². The third-order valence-corrected chi connectivity index (χ3v) is 7.00. The van der Waals surface area contributed by atoms with Crippen molar-refractivity contribution in [3.8, 4) is 0 Å². The Hall–Kier alpha value is -1.95. The van der Waals surface area contributed by atoms with Gasteiger partial charge in [0.1, 0.15) is 5.82 Å². The molecular formula is C25H34N4O. The van der Waals surface area contributed by atoms with Gasteiger partial charge in [-0.3, -0.25) is 4.90 Å². The molecule has 5 nitrogen and oxygen atoms in total. The highest BCUT2D eigenvalue weighted by Gasteiger charge is 2.32. The average Bonchev–Trinajstić information content (AvgIpc) is 3.37. The summed E-state index contributed by atoms with van der Waals surface area (Å²) < 4.78 is 0. The number of fused-ring (bicyclic) bond motifs is 3. The van der Waals surface area contributed by atoms with Crippen molar-refractivity contribution in [2.45, 2.75) is 51.3 Å². The van der Waals surface area contributed by atoms with Gasteiger partial charge in [0.05, 0.1) is 11.6 Å². The second-order valence-electron chi connectivity index (χ2n) is 9.36. The number of aliphatic hydroxyl groups is 1. The number of nitrogens with one attached hydrogen (secondary N) is 1. The van der Waals surface area contributed by atoms with Crippen LogP contribution in [0, 0.1) is 12.8 Å². The predicted molar refractivity (Wildman–Crippen MR) is 123 cm³/mol. The molecule has 3 aliphatic rings. The number of aliphatic hydroxyl groups excluding tert-OH is 1. The van der Waals surface area contributed by atoms with Gasteiger partial charge in [-0.05, 0) is 69.3 Å². The molecule has 2 atom stereocenters. The maximum Gasteiger partial charge on any atom is 0.133 e. The van der Waals surface area contributed by atoms with E-state index in [0.29, 0.717) is 6.04 Å². The third kappa shape index (κ3) is 4.25. The lowest BCUT2D eigenvalue weighted by Crippen LogP contribution is -2.37. The van der Waals surface area contributed by atoms with Crippen LogP contribution in [0.5, 0.6) is 0 Å². The van der Waals surface area contributed by atoms with E-state index in [1.807, 2.05) is 0 Å². The lowest BCUT2D eigenvalue weighted by molar-refractivity contribution is 0.145. The van der Waals surface area contributed by atoms with Gasteiger partial charge in [-0.15, -0.1) is 0 Å². The molecule has 0 saturated carbocycles. The van der Waals surface area contributed by atoms with Gasteiger partial charge < -0.3 is 15.3 Å². The smallest absolute Gasteiger partial charge is 0.133 e. The molecule has 0 amide bonds. The summed E-state index contributed by atoms with van der Waals surface area (Å²) in [7, 11) is 0. The largest absolute Gasteiger partial charge is 0.393 e. The Morgan fingerprint density at radius 3 is 2.80 bits per heavy atom. The molecule has 2 aromatic rings. The number of benzene rings is 1. The first-order valence-electron chi connectivity index (χ1n) is 11.6. The number of aromatic nitrogens is 1. The van der Waals surface area contributed by atoms with Crippen molar-refractivity contribution in [1.82, 2.24) is 15.2 Å². The zero-order chi connectivity index (χ0) is 20.5. The molecule has 1 aromatic carbocycles. The van der Waals surface area contributed by atoms with Crippen LogP contribution >= 0.6 is 0 Å². The van der Waals surface area contributed by atoms with Gasteiger partial charge in [-0.2, -0.15) is 0 Å². The number of hydrogen-bond acceptors (Lipinski definition) is 5. The second-order valence-corrected chi connectivity index (χ2v) is 9.36. The average molecular weight is 407 g/mol. The molecule has 0 spiro atoms. The molecule has 1 aromatic heterocycles. The molecular weight excluding hydrogens is 372 g/mol. The number of aryl methyl sites for hydroxylation is 1. The number of likely N-dealkylation sites (tertiary alicyclic amines) is 1. The standard InChI is InChI=1S/C25H34N4O/c1-18-3-5-20-15-21(16-26-9-2-10-29-17-19-4-6-22(29)14-19)25(27-24(20)13-18)28-11-7-23(30)8-12-28/h3-6,13,15,19,22-23,26,30H,2,7-12,14,16-17H2,1H3/t19-,22+/m0/s1. The van der Waals surface area contributed by atoms with Crippen LogP contribution in [0.2, 0.25) is 0 Å². The number of anilines is 1. The van der Waals surface area contributed by atoms with Crippen LogP contribution in [0.25, 0.3) is 10.9 Å². The highest BCUT2D eigenvalue weighted by Crippen LogP contribution is 2.31. The van der Waals surface area contributed by atoms with E-state index in [0.717, 1.165) is 56.3 Å². The van der Waals surface area contributed by atoms with E-state index in [4.69, 9.17) is 4.98 Å². The fraction of sp³-hybridized carbons (Fsp3) is 0.560. The summed E-state index contributed by atoms with van der Waals surface area (Å²) >= 11 is 0. The van der Waals surface area contributed by atoms with Gasteiger partial charge in [0.25, 0.3) is 0 Å². The fourth-order valence-electron chi connectivity index (χ4n) is 5.28. The highest BCUT2D eigenvalue weighted by molar-refractivity contribution is 5.82. The summed E-state index contributed by atoms with van der Waals surface area (Å²) in [4.78, 5) is 10.1. The summed E-state index contributed by atoms with van der Waals surface area (Å²) in [5.41, 5.74) is 3.58. The van der Waals surface area contributed by atoms with Gasteiger partial charge in [0, 0.05) is 43.2 Å². The fourth-order valence-corrected chi connectivity index (χ4v) is 5.28. The minimum Gasteiger partial charge on any atom is -0.393 e. The molecule has 5 rings (SSSR count). The molecule has 5 heteroatoms. The van der Waals surface area contributed by atoms with Crippen LogP contribution in [-0.4, -0.2) is 59.9 Å². The predicted octanol–water partition coefficient (Wildman–Crippen LogP) is 3.24. The molecule has 2 saturated heterocycles. The van der Waals surface area contributed by atoms with E-state index in [9.17, 15) is 5.11 Å². The van der Waals surface area contributed by atoms with Gasteiger partial charge in [-0.25, -0.2) is 4.98 Å². The third-order valence-electron chi connectivity index (χ3n) is 7.00. The van der Waals surface area contributed by atoms with Crippen LogP contribution in [0.4, 0.5) is 5.82 Å². The quantitative estimate of drug-likeness (QED) is 0.546. The highest BCUT2D eigenvalue weighted by atomic mass is 16.3. The first-order valence-corrected chi connectivity index (χ1v) is 11.6. The topological polar surface area (TPSA) is 51.6 Å². The SMILES string of the molecule is Cc1ccc2cc(CNCCCN3C[C@H]4C=C[C@@H]3C4)c(N3CCC(O)CC3)nc2c1. The van der Waals surface area contributed by atoms with Crippen molar-refractivity contribution in [2.75, 3.05) is 37.6 Å². The van der Waals surface area contributed by atoms with E-state index in [1.54, 1.807) is 0 Å². The maximum atomic E-state index is 9.91. The number of nitrogens with zero attached hydrogens (tertiary/aromatic N) is 3.